The van der Waals surface area contributed by atoms with Gasteiger partial charge < -0.3 is 15.1 Å². The summed E-state index contributed by atoms with van der Waals surface area (Å²) in [6, 6.07) is 5.85. The van der Waals surface area contributed by atoms with Crippen LogP contribution in [0.15, 0.2) is 24.3 Å². The molecule has 1 aliphatic heterocycles. The third-order valence-corrected chi connectivity index (χ3v) is 3.70. The molecule has 1 amide bonds. The van der Waals surface area contributed by atoms with Crippen molar-refractivity contribution in [3.05, 3.63) is 30.1 Å². The number of carbonyl (C=O) groups is 1. The van der Waals surface area contributed by atoms with Gasteiger partial charge in [-0.05, 0) is 30.8 Å². The number of rotatable bonds is 5. The third-order valence-electron chi connectivity index (χ3n) is 3.70. The Morgan fingerprint density at radius 2 is 1.75 bits per heavy atom. The molecule has 5 heteroatoms. The van der Waals surface area contributed by atoms with Crippen molar-refractivity contribution < 1.29 is 9.18 Å². The Morgan fingerprint density at radius 1 is 1.15 bits per heavy atom. The highest BCUT2D eigenvalue weighted by Crippen LogP contribution is 2.09. The zero-order chi connectivity index (χ0) is 14.4. The fourth-order valence-corrected chi connectivity index (χ4v) is 2.35. The van der Waals surface area contributed by atoms with Crippen LogP contribution in [0, 0.1) is 5.82 Å². The lowest BCUT2D eigenvalue weighted by Crippen LogP contribution is -2.46. The molecule has 1 aliphatic rings. The Labute approximate surface area is 119 Å². The molecule has 2 rings (SSSR count). The van der Waals surface area contributed by atoms with Gasteiger partial charge in [0, 0.05) is 44.8 Å². The Kier molecular flexibility index (Phi) is 5.49. The predicted molar refractivity (Wildman–Crippen MR) is 78.2 cm³/mol. The SMILES string of the molecule is CCN1CCN(CCC(=O)Nc2ccc(F)cc2)CC1. The Balaban J connectivity index is 1.69. The minimum absolute atomic E-state index is 0.0190. The molecule has 1 aromatic carbocycles. The molecule has 0 aliphatic carbocycles. The number of nitrogens with one attached hydrogen (secondary N) is 1. The lowest BCUT2D eigenvalue weighted by molar-refractivity contribution is -0.116. The summed E-state index contributed by atoms with van der Waals surface area (Å²) in [6.45, 7) is 8.26. The highest BCUT2D eigenvalue weighted by atomic mass is 19.1. The molecule has 0 atom stereocenters. The molecule has 0 spiro atoms. The number of piperazine rings is 1. The summed E-state index contributed by atoms with van der Waals surface area (Å²) < 4.78 is 12.8. The van der Waals surface area contributed by atoms with Crippen LogP contribution in [-0.4, -0.2) is 55.0 Å². The van der Waals surface area contributed by atoms with E-state index in [4.69, 9.17) is 0 Å². The minimum atomic E-state index is -0.295. The zero-order valence-corrected chi connectivity index (χ0v) is 11.9. The van der Waals surface area contributed by atoms with E-state index in [0.29, 0.717) is 12.1 Å². The normalized spacial score (nSPS) is 17.1. The lowest BCUT2D eigenvalue weighted by atomic mass is 10.2. The summed E-state index contributed by atoms with van der Waals surface area (Å²) in [5.41, 5.74) is 0.646. The van der Waals surface area contributed by atoms with Crippen LogP contribution in [0.4, 0.5) is 10.1 Å². The van der Waals surface area contributed by atoms with Crippen LogP contribution in [0.25, 0.3) is 0 Å². The number of amides is 1. The molecular formula is C15H22FN3O. The standard InChI is InChI=1S/C15H22FN3O/c1-2-18-9-11-19(12-10-18)8-7-15(20)17-14-5-3-13(16)4-6-14/h3-6H,2,7-12H2,1H3,(H,17,20). The fourth-order valence-electron chi connectivity index (χ4n) is 2.35. The first-order valence-electron chi connectivity index (χ1n) is 7.17. The van der Waals surface area contributed by atoms with Crippen molar-refractivity contribution in [3.63, 3.8) is 0 Å². The van der Waals surface area contributed by atoms with E-state index in [1.54, 1.807) is 12.1 Å². The molecule has 0 aromatic heterocycles. The van der Waals surface area contributed by atoms with Crippen molar-refractivity contribution in [1.82, 2.24) is 9.80 Å². The third kappa shape index (κ3) is 4.58. The summed E-state index contributed by atoms with van der Waals surface area (Å²) in [7, 11) is 0. The summed E-state index contributed by atoms with van der Waals surface area (Å²) in [6.07, 6.45) is 0.476. The van der Waals surface area contributed by atoms with Gasteiger partial charge in [0.05, 0.1) is 0 Å². The first-order valence-corrected chi connectivity index (χ1v) is 7.17. The molecule has 20 heavy (non-hydrogen) atoms. The van der Waals surface area contributed by atoms with Crippen LogP contribution < -0.4 is 5.32 Å². The number of nitrogens with zero attached hydrogens (tertiary/aromatic N) is 2. The molecule has 0 radical (unpaired) electrons. The van der Waals surface area contributed by atoms with Crippen LogP contribution in [0.5, 0.6) is 0 Å². The number of hydrogen-bond acceptors (Lipinski definition) is 3. The summed E-state index contributed by atoms with van der Waals surface area (Å²) in [5.74, 6) is -0.314. The smallest absolute Gasteiger partial charge is 0.225 e. The molecule has 1 fully saturated rings. The van der Waals surface area contributed by atoms with E-state index in [0.717, 1.165) is 39.3 Å². The molecule has 110 valence electrons. The number of benzene rings is 1. The number of hydrogen-bond donors (Lipinski definition) is 1. The number of halogens is 1. The van der Waals surface area contributed by atoms with E-state index in [9.17, 15) is 9.18 Å². The van der Waals surface area contributed by atoms with E-state index < -0.39 is 0 Å². The van der Waals surface area contributed by atoms with E-state index >= 15 is 0 Å². The molecule has 0 bridgehead atoms. The van der Waals surface area contributed by atoms with Crippen molar-refractivity contribution >= 4 is 11.6 Å². The Hall–Kier alpha value is -1.46. The highest BCUT2D eigenvalue weighted by molar-refractivity contribution is 5.90. The van der Waals surface area contributed by atoms with Crippen molar-refractivity contribution in [2.75, 3.05) is 44.6 Å². The number of carbonyl (C=O) groups excluding carboxylic acids is 1. The summed E-state index contributed by atoms with van der Waals surface area (Å²) >= 11 is 0. The van der Waals surface area contributed by atoms with Gasteiger partial charge >= 0.3 is 0 Å². The minimum Gasteiger partial charge on any atom is -0.326 e. The Bertz CT molecular complexity index is 427. The van der Waals surface area contributed by atoms with E-state index in [-0.39, 0.29) is 11.7 Å². The molecular weight excluding hydrogens is 257 g/mol. The lowest BCUT2D eigenvalue weighted by Gasteiger charge is -2.33. The predicted octanol–water partition coefficient (Wildman–Crippen LogP) is 1.79. The molecule has 1 saturated heterocycles. The van der Waals surface area contributed by atoms with Gasteiger partial charge in [-0.3, -0.25) is 4.79 Å². The second-order valence-corrected chi connectivity index (χ2v) is 5.08. The van der Waals surface area contributed by atoms with E-state index in [2.05, 4.69) is 22.0 Å². The van der Waals surface area contributed by atoms with Crippen LogP contribution in [0.3, 0.4) is 0 Å². The molecule has 4 nitrogen and oxygen atoms in total. The first kappa shape index (κ1) is 14.9. The quantitative estimate of drug-likeness (QED) is 0.892. The van der Waals surface area contributed by atoms with Crippen molar-refractivity contribution in [3.8, 4) is 0 Å². The first-order chi connectivity index (χ1) is 9.67. The monoisotopic (exact) mass is 279 g/mol. The van der Waals surface area contributed by atoms with Gasteiger partial charge in [0.2, 0.25) is 5.91 Å². The van der Waals surface area contributed by atoms with Gasteiger partial charge in [0.25, 0.3) is 0 Å². The average molecular weight is 279 g/mol. The van der Waals surface area contributed by atoms with Gasteiger partial charge in [-0.1, -0.05) is 6.92 Å². The molecule has 1 aromatic rings. The summed E-state index contributed by atoms with van der Waals surface area (Å²) in [4.78, 5) is 16.5. The second kappa shape index (κ2) is 7.36. The van der Waals surface area contributed by atoms with Gasteiger partial charge in [0.1, 0.15) is 5.82 Å². The fraction of sp³-hybridized carbons (Fsp3) is 0.533. The van der Waals surface area contributed by atoms with Gasteiger partial charge in [0.15, 0.2) is 0 Å². The molecule has 1 N–H and O–H groups in total. The van der Waals surface area contributed by atoms with Crippen molar-refractivity contribution in [1.29, 1.82) is 0 Å². The van der Waals surface area contributed by atoms with Crippen molar-refractivity contribution in [2.45, 2.75) is 13.3 Å². The molecule has 0 unspecified atom stereocenters. The number of anilines is 1. The van der Waals surface area contributed by atoms with Crippen LogP contribution in [0.2, 0.25) is 0 Å². The van der Waals surface area contributed by atoms with Crippen molar-refractivity contribution in [2.24, 2.45) is 0 Å². The van der Waals surface area contributed by atoms with Crippen LogP contribution in [0.1, 0.15) is 13.3 Å². The maximum atomic E-state index is 12.8. The molecule has 1 heterocycles. The maximum absolute atomic E-state index is 12.8. The van der Waals surface area contributed by atoms with Gasteiger partial charge in [-0.25, -0.2) is 4.39 Å². The second-order valence-electron chi connectivity index (χ2n) is 5.08. The zero-order valence-electron chi connectivity index (χ0n) is 11.9. The van der Waals surface area contributed by atoms with Crippen LogP contribution in [-0.2, 0) is 4.79 Å². The average Bonchev–Trinajstić information content (AvgIpc) is 2.48. The van der Waals surface area contributed by atoms with Gasteiger partial charge in [-0.15, -0.1) is 0 Å². The number of likely N-dealkylation sites (N-methyl/N-ethyl adjacent to an activating group) is 1. The summed E-state index contributed by atoms with van der Waals surface area (Å²) in [5, 5.41) is 2.79. The highest BCUT2D eigenvalue weighted by Gasteiger charge is 2.15. The van der Waals surface area contributed by atoms with Crippen LogP contribution >= 0.6 is 0 Å². The Morgan fingerprint density at radius 3 is 2.35 bits per heavy atom. The van der Waals surface area contributed by atoms with Gasteiger partial charge in [-0.2, -0.15) is 0 Å². The topological polar surface area (TPSA) is 35.6 Å². The largest absolute Gasteiger partial charge is 0.326 e. The van der Waals surface area contributed by atoms with E-state index in [1.807, 2.05) is 0 Å². The molecule has 0 saturated carbocycles. The maximum Gasteiger partial charge on any atom is 0.225 e. The van der Waals surface area contributed by atoms with E-state index in [1.165, 1.54) is 12.1 Å².